The van der Waals surface area contributed by atoms with Gasteiger partial charge < -0.3 is 0 Å². The van der Waals surface area contributed by atoms with Crippen LogP contribution in [0.25, 0.3) is 0 Å². The standard InChI is InChI=1S/C32H12BF24.C13H12N3O3/c34-25(35,36)13-1-14(26(37,38)39)6-21(5-13)33(22-7-15(27(40,41)42)2-16(8-22)28(43,44)45,23-9-17(29(46,47)48)3-18(10-23)30(49,50)51)24-11-19(31(52,53)54)4-20(12-24)32(55,56)57;17-13(11-4-2-1-3-5-11)10-15-7-6-14-12(8-15)9-16(18)19/h1-12H;1-8H,9-10H2/q-1;+1. The number of hydrogen-bond acceptors (Lipinski definition) is 4. The van der Waals surface area contributed by atoms with Gasteiger partial charge in [-0.15, -0.1) is 0 Å². The van der Waals surface area contributed by atoms with E-state index < -0.39 is 200 Å². The van der Waals surface area contributed by atoms with Gasteiger partial charge in [-0.05, 0) is 24.3 Å². The van der Waals surface area contributed by atoms with Crippen molar-refractivity contribution in [3.8, 4) is 0 Å². The second-order valence-corrected chi connectivity index (χ2v) is 16.2. The number of halogens is 24. The topological polar surface area (TPSA) is 77.0 Å². The van der Waals surface area contributed by atoms with Gasteiger partial charge in [0, 0.05) is 10.5 Å². The summed E-state index contributed by atoms with van der Waals surface area (Å²) < 4.78 is 342. The van der Waals surface area contributed by atoms with Crippen molar-refractivity contribution in [2.24, 2.45) is 0 Å². The summed E-state index contributed by atoms with van der Waals surface area (Å²) in [6.07, 6.45) is -50.2. The van der Waals surface area contributed by atoms with Gasteiger partial charge in [0.1, 0.15) is 6.15 Å². The molecule has 0 aliphatic carbocycles. The predicted octanol–water partition coefficient (Wildman–Crippen LogP) is 12.2. The molecule has 6 nitrogen and oxygen atoms in total. The third-order valence-corrected chi connectivity index (χ3v) is 11.0. The first-order chi connectivity index (χ1) is 34.4. The van der Waals surface area contributed by atoms with Gasteiger partial charge in [-0.25, -0.2) is 4.98 Å². The number of benzene rings is 5. The largest absolute Gasteiger partial charge is 0.416 e. The molecular weight excluding hydrogens is 1100 g/mol. The van der Waals surface area contributed by atoms with Gasteiger partial charge in [0.05, 0.1) is 50.7 Å². The molecule has 0 aliphatic heterocycles. The molecule has 0 atom stereocenters. The lowest BCUT2D eigenvalue weighted by atomic mass is 9.12. The van der Waals surface area contributed by atoms with E-state index in [1.54, 1.807) is 35.0 Å². The fourth-order valence-electron chi connectivity index (χ4n) is 7.75. The number of nitro groups is 1. The minimum atomic E-state index is -6.13. The minimum Gasteiger partial charge on any atom is -0.287 e. The fraction of sp³-hybridized carbons (Fsp3) is 0.222. The molecule has 0 radical (unpaired) electrons. The Hall–Kier alpha value is -7.37. The molecule has 0 fully saturated rings. The Morgan fingerprint density at radius 2 is 0.711 bits per heavy atom. The molecule has 76 heavy (non-hydrogen) atoms. The van der Waals surface area contributed by atoms with Crippen molar-refractivity contribution in [2.45, 2.75) is 62.5 Å². The zero-order chi connectivity index (χ0) is 57.6. The van der Waals surface area contributed by atoms with Crippen molar-refractivity contribution in [1.82, 2.24) is 4.98 Å². The molecule has 31 heteroatoms. The Kier molecular flexibility index (Phi) is 16.2. The molecule has 6 rings (SSSR count). The van der Waals surface area contributed by atoms with Crippen LogP contribution in [-0.2, 0) is 62.5 Å². The first kappa shape index (κ1) is 59.5. The van der Waals surface area contributed by atoms with Crippen LogP contribution in [0.4, 0.5) is 105 Å². The first-order valence-corrected chi connectivity index (χ1v) is 20.3. The maximum Gasteiger partial charge on any atom is 0.416 e. The molecule has 1 heterocycles. The summed E-state index contributed by atoms with van der Waals surface area (Å²) in [5.41, 5.74) is -29.3. The van der Waals surface area contributed by atoms with Crippen LogP contribution in [0, 0.1) is 10.1 Å². The lowest BCUT2D eigenvalue weighted by Gasteiger charge is -2.46. The van der Waals surface area contributed by atoms with Crippen molar-refractivity contribution in [2.75, 3.05) is 0 Å². The number of aromatic nitrogens is 2. The van der Waals surface area contributed by atoms with E-state index in [4.69, 9.17) is 0 Å². The Labute approximate surface area is 408 Å². The van der Waals surface area contributed by atoms with E-state index in [0.29, 0.717) is 11.3 Å². The molecule has 0 N–H and O–H groups in total. The SMILES string of the molecule is FC(F)(F)c1cc([B-](c2cc(C(F)(F)F)cc(C(F)(F)F)c2)(c2cc(C(F)(F)F)cc(C(F)(F)F)c2)c2cc(C(F)(F)F)cc(C(F)(F)F)c2)cc(C(F)(F)F)c1.O=C(C[n+]1ccnc(C[N+](=O)[O-])c1)c1ccccc1. The van der Waals surface area contributed by atoms with Crippen LogP contribution in [0.15, 0.2) is 122 Å². The van der Waals surface area contributed by atoms with E-state index in [-0.39, 0.29) is 18.9 Å². The minimum absolute atomic E-state index is 0.0520. The van der Waals surface area contributed by atoms with Gasteiger partial charge in [-0.1, -0.05) is 78.9 Å². The highest BCUT2D eigenvalue weighted by atomic mass is 19.4. The van der Waals surface area contributed by atoms with Gasteiger partial charge in [-0.2, -0.15) is 132 Å². The summed E-state index contributed by atoms with van der Waals surface area (Å²) in [5, 5.41) is 10.4. The van der Waals surface area contributed by atoms with Crippen molar-refractivity contribution < 1.29 is 120 Å². The van der Waals surface area contributed by atoms with Crippen LogP contribution in [0.2, 0.25) is 0 Å². The average molecular weight is 1120 g/mol. The third kappa shape index (κ3) is 14.1. The quantitative estimate of drug-likeness (QED) is 0.0361. The molecular formula is C45H24BF24N3O3. The smallest absolute Gasteiger partial charge is 0.287 e. The number of carbonyl (C=O) groups excluding carboxylic acids is 1. The highest BCUT2D eigenvalue weighted by Gasteiger charge is 2.47. The summed E-state index contributed by atoms with van der Waals surface area (Å²) in [6.45, 7) is -0.211. The molecule has 0 saturated heterocycles. The molecule has 0 bridgehead atoms. The molecule has 0 unspecified atom stereocenters. The predicted molar refractivity (Wildman–Crippen MR) is 216 cm³/mol. The van der Waals surface area contributed by atoms with E-state index >= 15 is 0 Å². The van der Waals surface area contributed by atoms with Crippen LogP contribution >= 0.6 is 0 Å². The molecule has 0 spiro atoms. The van der Waals surface area contributed by atoms with Gasteiger partial charge in [-0.3, -0.25) is 14.9 Å². The van der Waals surface area contributed by atoms with Crippen molar-refractivity contribution >= 4 is 33.8 Å². The van der Waals surface area contributed by atoms with E-state index in [0.717, 1.165) is 0 Å². The molecule has 6 aromatic rings. The summed E-state index contributed by atoms with van der Waals surface area (Å²) in [7, 11) is 0. The highest BCUT2D eigenvalue weighted by Crippen LogP contribution is 2.41. The Morgan fingerprint density at radius 3 is 0.947 bits per heavy atom. The molecule has 0 aliphatic rings. The second-order valence-electron chi connectivity index (χ2n) is 16.2. The Morgan fingerprint density at radius 1 is 0.447 bits per heavy atom. The lowest BCUT2D eigenvalue weighted by molar-refractivity contribution is -0.684. The molecule has 0 saturated carbocycles. The van der Waals surface area contributed by atoms with Crippen LogP contribution in [0.1, 0.15) is 60.6 Å². The van der Waals surface area contributed by atoms with Crippen molar-refractivity contribution in [1.29, 1.82) is 0 Å². The highest BCUT2D eigenvalue weighted by molar-refractivity contribution is 7.20. The van der Waals surface area contributed by atoms with E-state index in [9.17, 15) is 120 Å². The summed E-state index contributed by atoms with van der Waals surface area (Å²) in [4.78, 5) is 25.8. The van der Waals surface area contributed by atoms with Crippen LogP contribution in [0.5, 0.6) is 0 Å². The number of ketones is 1. The number of rotatable bonds is 9. The number of nitrogens with zero attached hydrogens (tertiary/aromatic N) is 3. The summed E-state index contributed by atoms with van der Waals surface area (Å²) in [6, 6.07) is 0.0933. The molecule has 5 aromatic carbocycles. The van der Waals surface area contributed by atoms with E-state index in [1.165, 1.54) is 12.4 Å². The van der Waals surface area contributed by atoms with Gasteiger partial charge in [0.15, 0.2) is 18.1 Å². The maximum absolute atomic E-state index is 14.2. The number of carbonyl (C=O) groups is 1. The normalized spacial score (nSPS) is 13.3. The maximum atomic E-state index is 14.2. The van der Waals surface area contributed by atoms with Crippen molar-refractivity contribution in [3.63, 3.8) is 0 Å². The van der Waals surface area contributed by atoms with Gasteiger partial charge in [0.25, 0.3) is 6.54 Å². The van der Waals surface area contributed by atoms with Crippen LogP contribution < -0.4 is 26.4 Å². The van der Waals surface area contributed by atoms with Gasteiger partial charge >= 0.3 is 49.4 Å². The number of alkyl halides is 24. The third-order valence-electron chi connectivity index (χ3n) is 11.0. The molecule has 0 amide bonds. The monoisotopic (exact) mass is 1120 g/mol. The zero-order valence-corrected chi connectivity index (χ0v) is 36.7. The average Bonchev–Trinajstić information content (AvgIpc) is 3.27. The van der Waals surface area contributed by atoms with Gasteiger partial charge in [0.2, 0.25) is 12.3 Å². The summed E-state index contributed by atoms with van der Waals surface area (Å²) >= 11 is 0. The fourth-order valence-corrected chi connectivity index (χ4v) is 7.75. The van der Waals surface area contributed by atoms with Crippen LogP contribution in [0.3, 0.4) is 0 Å². The van der Waals surface area contributed by atoms with E-state index in [1.807, 2.05) is 6.07 Å². The van der Waals surface area contributed by atoms with Crippen LogP contribution in [-0.4, -0.2) is 21.8 Å². The lowest BCUT2D eigenvalue weighted by Crippen LogP contribution is -2.75. The second kappa shape index (κ2) is 20.6. The molecule has 1 aromatic heterocycles. The number of hydrogen-bond donors (Lipinski definition) is 0. The number of Topliss-reactive ketones (excluding diaryl/α,β-unsaturated/α-hetero) is 1. The summed E-state index contributed by atoms with van der Waals surface area (Å²) in [5.74, 6) is -0.0520. The van der Waals surface area contributed by atoms with E-state index in [2.05, 4.69) is 4.98 Å². The zero-order valence-electron chi connectivity index (χ0n) is 36.7. The molecule has 408 valence electrons. The first-order valence-electron chi connectivity index (χ1n) is 20.3. The van der Waals surface area contributed by atoms with Crippen molar-refractivity contribution in [3.05, 3.63) is 188 Å². The Bertz CT molecular complexity index is 2660. The Balaban J connectivity index is 0.000000468.